The van der Waals surface area contributed by atoms with Crippen LogP contribution in [0.2, 0.25) is 0 Å². The van der Waals surface area contributed by atoms with Crippen LogP contribution in [0.15, 0.2) is 79.3 Å². The van der Waals surface area contributed by atoms with Crippen LogP contribution >= 0.6 is 0 Å². The molecule has 0 fully saturated rings. The van der Waals surface area contributed by atoms with Crippen molar-refractivity contribution in [3.63, 3.8) is 0 Å². The number of aromatic nitrogens is 5. The van der Waals surface area contributed by atoms with Gasteiger partial charge in [-0.1, -0.05) is 48.5 Å². The molecule has 0 aliphatic rings. The third-order valence-electron chi connectivity index (χ3n) is 5.16. The Kier molecular flexibility index (Phi) is 4.29. The molecule has 0 saturated carbocycles. The molecule has 1 atom stereocenters. The second-order valence-corrected chi connectivity index (χ2v) is 7.00. The van der Waals surface area contributed by atoms with Crippen molar-refractivity contribution in [1.29, 1.82) is 0 Å². The Bertz CT molecular complexity index is 1250. The molecule has 5 aromatic rings. The summed E-state index contributed by atoms with van der Waals surface area (Å²) >= 11 is 0. The van der Waals surface area contributed by atoms with Crippen molar-refractivity contribution in [2.75, 3.05) is 5.73 Å². The minimum Gasteiger partial charge on any atom is -0.368 e. The van der Waals surface area contributed by atoms with E-state index < -0.39 is 0 Å². The number of nitrogens with two attached hydrogens (primary N) is 1. The summed E-state index contributed by atoms with van der Waals surface area (Å²) in [5.41, 5.74) is 11.1. The van der Waals surface area contributed by atoms with Gasteiger partial charge in [0.15, 0.2) is 0 Å². The van der Waals surface area contributed by atoms with E-state index in [4.69, 9.17) is 10.7 Å². The van der Waals surface area contributed by atoms with Crippen LogP contribution in [0.3, 0.4) is 0 Å². The number of anilines is 1. The second kappa shape index (κ2) is 7.24. The highest BCUT2D eigenvalue weighted by molar-refractivity contribution is 5.83. The molecule has 0 bridgehead atoms. The minimum absolute atomic E-state index is 0.0723. The van der Waals surface area contributed by atoms with Gasteiger partial charge >= 0.3 is 0 Å². The molecule has 3 aromatic heterocycles. The maximum absolute atomic E-state index is 5.88. The van der Waals surface area contributed by atoms with Gasteiger partial charge in [0.05, 0.1) is 23.5 Å². The van der Waals surface area contributed by atoms with E-state index in [9.17, 15) is 0 Å². The molecular weight excluding hydrogens is 360 g/mol. The van der Waals surface area contributed by atoms with E-state index in [1.54, 1.807) is 6.20 Å². The summed E-state index contributed by atoms with van der Waals surface area (Å²) in [6.07, 6.45) is 6.36. The number of rotatable bonds is 5. The highest BCUT2D eigenvalue weighted by Gasteiger charge is 2.22. The van der Waals surface area contributed by atoms with Gasteiger partial charge < -0.3 is 15.7 Å². The normalized spacial score (nSPS) is 12.3. The van der Waals surface area contributed by atoms with Gasteiger partial charge in [0, 0.05) is 23.3 Å². The van der Waals surface area contributed by atoms with Gasteiger partial charge in [0.25, 0.3) is 0 Å². The SMILES string of the molecule is Nc1nccc([C@@H](Cc2c[nH]c3ccccc23)c2ncc(-c3ccccc3)[nH]2)n1. The van der Waals surface area contributed by atoms with Gasteiger partial charge in [-0.05, 0) is 29.7 Å². The van der Waals surface area contributed by atoms with Gasteiger partial charge in [-0.3, -0.25) is 0 Å². The topological polar surface area (TPSA) is 96.3 Å². The Labute approximate surface area is 167 Å². The van der Waals surface area contributed by atoms with Gasteiger partial charge in [0.1, 0.15) is 5.82 Å². The van der Waals surface area contributed by atoms with Crippen molar-refractivity contribution >= 4 is 16.9 Å². The van der Waals surface area contributed by atoms with Crippen LogP contribution in [0.5, 0.6) is 0 Å². The van der Waals surface area contributed by atoms with E-state index in [2.05, 4.69) is 56.5 Å². The minimum atomic E-state index is -0.0723. The van der Waals surface area contributed by atoms with Gasteiger partial charge in [0.2, 0.25) is 5.95 Å². The van der Waals surface area contributed by atoms with Crippen LogP contribution in [-0.4, -0.2) is 24.9 Å². The van der Waals surface area contributed by atoms with E-state index in [1.165, 1.54) is 10.9 Å². The number of nitrogen functional groups attached to an aromatic ring is 1. The van der Waals surface area contributed by atoms with Crippen LogP contribution in [0.25, 0.3) is 22.2 Å². The molecule has 3 heterocycles. The second-order valence-electron chi connectivity index (χ2n) is 7.00. The van der Waals surface area contributed by atoms with Crippen LogP contribution in [-0.2, 0) is 6.42 Å². The number of hydrogen-bond acceptors (Lipinski definition) is 4. The van der Waals surface area contributed by atoms with Crippen LogP contribution in [0, 0.1) is 0 Å². The zero-order valence-electron chi connectivity index (χ0n) is 15.7. The van der Waals surface area contributed by atoms with Crippen LogP contribution in [0.4, 0.5) is 5.95 Å². The lowest BCUT2D eigenvalue weighted by Crippen LogP contribution is -2.10. The summed E-state index contributed by atoms with van der Waals surface area (Å²) in [7, 11) is 0. The van der Waals surface area contributed by atoms with Gasteiger partial charge in [-0.15, -0.1) is 0 Å². The largest absolute Gasteiger partial charge is 0.368 e. The molecule has 6 nitrogen and oxygen atoms in total. The first-order valence-corrected chi connectivity index (χ1v) is 9.51. The highest BCUT2D eigenvalue weighted by atomic mass is 15.0. The number of benzene rings is 2. The zero-order chi connectivity index (χ0) is 19.6. The number of imidazole rings is 1. The molecule has 0 radical (unpaired) electrons. The number of aromatic amines is 2. The molecule has 0 spiro atoms. The van der Waals surface area contributed by atoms with Crippen molar-refractivity contribution in [2.45, 2.75) is 12.3 Å². The molecular formula is C23H20N6. The molecule has 0 saturated heterocycles. The maximum atomic E-state index is 5.88. The highest BCUT2D eigenvalue weighted by Crippen LogP contribution is 2.30. The van der Waals surface area contributed by atoms with Crippen molar-refractivity contribution in [3.8, 4) is 11.3 Å². The third kappa shape index (κ3) is 3.36. The van der Waals surface area contributed by atoms with E-state index in [1.807, 2.05) is 36.5 Å². The Morgan fingerprint density at radius 1 is 0.931 bits per heavy atom. The summed E-state index contributed by atoms with van der Waals surface area (Å²) < 4.78 is 0. The summed E-state index contributed by atoms with van der Waals surface area (Å²) in [6, 6.07) is 20.4. The number of nitrogens with zero attached hydrogens (tertiary/aromatic N) is 3. The fourth-order valence-electron chi connectivity index (χ4n) is 3.72. The standard InChI is InChI=1S/C23H20N6/c24-23-25-11-10-20(29-23)18(12-16-13-26-19-9-5-4-8-17(16)19)22-27-14-21(28-22)15-6-2-1-3-7-15/h1-11,13-14,18,26H,12H2,(H,27,28)(H2,24,25,29)/t18-/m1/s1. The third-order valence-corrected chi connectivity index (χ3v) is 5.16. The summed E-state index contributed by atoms with van der Waals surface area (Å²) in [5, 5.41) is 1.20. The maximum Gasteiger partial charge on any atom is 0.220 e. The molecule has 0 aliphatic heterocycles. The first-order chi connectivity index (χ1) is 14.3. The number of nitrogens with one attached hydrogen (secondary N) is 2. The number of fused-ring (bicyclic) bond motifs is 1. The number of hydrogen-bond donors (Lipinski definition) is 3. The molecule has 29 heavy (non-hydrogen) atoms. The van der Waals surface area contributed by atoms with Crippen molar-refractivity contribution in [1.82, 2.24) is 24.9 Å². The first-order valence-electron chi connectivity index (χ1n) is 9.51. The van der Waals surface area contributed by atoms with Crippen molar-refractivity contribution < 1.29 is 0 Å². The average Bonchev–Trinajstić information content (AvgIpc) is 3.40. The lowest BCUT2D eigenvalue weighted by molar-refractivity contribution is 0.728. The zero-order valence-corrected chi connectivity index (χ0v) is 15.7. The van der Waals surface area contributed by atoms with E-state index in [0.717, 1.165) is 34.7 Å². The Morgan fingerprint density at radius 2 is 1.76 bits per heavy atom. The molecule has 142 valence electrons. The van der Waals surface area contributed by atoms with Crippen LogP contribution in [0.1, 0.15) is 23.0 Å². The van der Waals surface area contributed by atoms with Gasteiger partial charge in [-0.2, -0.15) is 0 Å². The lowest BCUT2D eigenvalue weighted by Gasteiger charge is -2.14. The molecule has 0 unspecified atom stereocenters. The van der Waals surface area contributed by atoms with E-state index in [0.29, 0.717) is 0 Å². The summed E-state index contributed by atoms with van der Waals surface area (Å²) in [4.78, 5) is 20.1. The van der Waals surface area contributed by atoms with Crippen molar-refractivity contribution in [2.24, 2.45) is 0 Å². The molecule has 0 aliphatic carbocycles. The Hall–Kier alpha value is -3.93. The Morgan fingerprint density at radius 3 is 2.62 bits per heavy atom. The quantitative estimate of drug-likeness (QED) is 0.423. The smallest absolute Gasteiger partial charge is 0.220 e. The average molecular weight is 380 g/mol. The summed E-state index contributed by atoms with van der Waals surface area (Å²) in [5.74, 6) is 1.05. The van der Waals surface area contributed by atoms with Crippen molar-refractivity contribution in [3.05, 3.63) is 96.3 Å². The van der Waals surface area contributed by atoms with E-state index in [-0.39, 0.29) is 11.9 Å². The van der Waals surface area contributed by atoms with E-state index >= 15 is 0 Å². The predicted molar refractivity (Wildman–Crippen MR) is 114 cm³/mol. The number of para-hydroxylation sites is 1. The fourth-order valence-corrected chi connectivity index (χ4v) is 3.72. The summed E-state index contributed by atoms with van der Waals surface area (Å²) in [6.45, 7) is 0. The predicted octanol–water partition coefficient (Wildman–Crippen LogP) is 4.30. The molecule has 5 rings (SSSR count). The molecule has 0 amide bonds. The van der Waals surface area contributed by atoms with Crippen LogP contribution < -0.4 is 5.73 Å². The fraction of sp³-hybridized carbons (Fsp3) is 0.0870. The monoisotopic (exact) mass is 380 g/mol. The molecule has 6 heteroatoms. The van der Waals surface area contributed by atoms with Gasteiger partial charge in [-0.25, -0.2) is 15.0 Å². The first kappa shape index (κ1) is 17.2. The lowest BCUT2D eigenvalue weighted by atomic mass is 9.95. The molecule has 2 aromatic carbocycles. The number of H-pyrrole nitrogens is 2. The molecule has 4 N–H and O–H groups in total. The Balaban J connectivity index is 1.57.